The highest BCUT2D eigenvalue weighted by Crippen LogP contribution is 2.26. The van der Waals surface area contributed by atoms with Gasteiger partial charge in [0, 0.05) is 24.0 Å². The van der Waals surface area contributed by atoms with Crippen molar-refractivity contribution >= 4 is 27.3 Å². The van der Waals surface area contributed by atoms with Crippen LogP contribution in [0, 0.1) is 0 Å². The Hall–Kier alpha value is 0.1000. The lowest BCUT2D eigenvalue weighted by Gasteiger charge is -2.14. The number of thiophene rings is 1. The first-order chi connectivity index (χ1) is 6.59. The summed E-state index contributed by atoms with van der Waals surface area (Å²) in [5, 5.41) is 3.49. The molecule has 0 aliphatic heterocycles. The van der Waals surface area contributed by atoms with Gasteiger partial charge in [-0.1, -0.05) is 0 Å². The zero-order chi connectivity index (χ0) is 10.6. The lowest BCUT2D eigenvalue weighted by atomic mass is 10.3. The predicted molar refractivity (Wildman–Crippen MR) is 67.0 cm³/mol. The van der Waals surface area contributed by atoms with Crippen molar-refractivity contribution in [1.82, 2.24) is 10.2 Å². The van der Waals surface area contributed by atoms with E-state index < -0.39 is 0 Å². The molecule has 80 valence electrons. The Labute approximate surface area is 98.4 Å². The van der Waals surface area contributed by atoms with Crippen molar-refractivity contribution in [3.8, 4) is 0 Å². The van der Waals surface area contributed by atoms with Crippen molar-refractivity contribution in [2.75, 3.05) is 27.2 Å². The fourth-order valence-corrected chi connectivity index (χ4v) is 2.62. The van der Waals surface area contributed by atoms with E-state index in [1.54, 1.807) is 11.3 Å². The zero-order valence-corrected chi connectivity index (χ0v) is 11.3. The van der Waals surface area contributed by atoms with Crippen LogP contribution in [-0.2, 0) is 0 Å². The first-order valence-corrected chi connectivity index (χ1v) is 6.34. The van der Waals surface area contributed by atoms with E-state index in [1.165, 1.54) is 8.66 Å². The van der Waals surface area contributed by atoms with Crippen molar-refractivity contribution < 1.29 is 0 Å². The van der Waals surface area contributed by atoms with Crippen LogP contribution in [0.5, 0.6) is 0 Å². The minimum absolute atomic E-state index is 0.450. The summed E-state index contributed by atoms with van der Waals surface area (Å²) < 4.78 is 1.20. The third-order valence-corrected chi connectivity index (χ3v) is 3.84. The maximum Gasteiger partial charge on any atom is 0.0701 e. The van der Waals surface area contributed by atoms with E-state index in [-0.39, 0.29) is 0 Å². The van der Waals surface area contributed by atoms with Gasteiger partial charge in [0.1, 0.15) is 0 Å². The molecule has 0 radical (unpaired) electrons. The molecule has 2 nitrogen and oxygen atoms in total. The first kappa shape index (κ1) is 12.2. The average Bonchev–Trinajstić information content (AvgIpc) is 2.51. The molecular formula is C10H17BrN2S. The van der Waals surface area contributed by atoms with Crippen molar-refractivity contribution in [2.45, 2.75) is 13.0 Å². The lowest BCUT2D eigenvalue weighted by molar-refractivity contribution is 0.390. The molecule has 0 spiro atoms. The molecule has 0 saturated carbocycles. The molecule has 1 rings (SSSR count). The molecule has 0 amide bonds. The monoisotopic (exact) mass is 276 g/mol. The molecule has 4 heteroatoms. The maximum atomic E-state index is 3.49. The lowest BCUT2D eigenvalue weighted by Crippen LogP contribution is -2.28. The standard InChI is InChI=1S/C10H17BrN2S/c1-8(12-6-7-13(2)3)9-4-5-10(11)14-9/h4-5,8,12H,6-7H2,1-3H3. The van der Waals surface area contributed by atoms with Gasteiger partial charge in [-0.3, -0.25) is 0 Å². The Kier molecular flexibility index (Phi) is 5.09. The molecule has 1 aromatic rings. The van der Waals surface area contributed by atoms with Gasteiger partial charge in [-0.05, 0) is 49.1 Å². The van der Waals surface area contributed by atoms with Crippen LogP contribution in [0.4, 0.5) is 0 Å². The van der Waals surface area contributed by atoms with Crippen molar-refractivity contribution in [3.63, 3.8) is 0 Å². The molecule has 0 aliphatic carbocycles. The van der Waals surface area contributed by atoms with Gasteiger partial charge in [-0.25, -0.2) is 0 Å². The summed E-state index contributed by atoms with van der Waals surface area (Å²) in [6, 6.07) is 4.72. The van der Waals surface area contributed by atoms with Gasteiger partial charge in [0.15, 0.2) is 0 Å². The molecule has 0 bridgehead atoms. The molecule has 0 aliphatic rings. The third kappa shape index (κ3) is 4.09. The summed E-state index contributed by atoms with van der Waals surface area (Å²) in [4.78, 5) is 3.57. The molecule has 1 aromatic heterocycles. The molecule has 1 heterocycles. The van der Waals surface area contributed by atoms with E-state index in [0.717, 1.165) is 13.1 Å². The second-order valence-electron chi connectivity index (χ2n) is 3.62. The normalized spacial score (nSPS) is 13.5. The summed E-state index contributed by atoms with van der Waals surface area (Å²) in [6.45, 7) is 4.31. The van der Waals surface area contributed by atoms with Crippen LogP contribution in [0.2, 0.25) is 0 Å². The molecule has 0 aromatic carbocycles. The summed E-state index contributed by atoms with van der Waals surface area (Å²) in [5.74, 6) is 0. The minimum atomic E-state index is 0.450. The quantitative estimate of drug-likeness (QED) is 0.890. The molecule has 1 N–H and O–H groups in total. The van der Waals surface area contributed by atoms with Crippen LogP contribution in [0.1, 0.15) is 17.8 Å². The second kappa shape index (κ2) is 5.85. The Balaban J connectivity index is 2.32. The molecule has 1 atom stereocenters. The van der Waals surface area contributed by atoms with Gasteiger partial charge in [0.2, 0.25) is 0 Å². The van der Waals surface area contributed by atoms with E-state index in [9.17, 15) is 0 Å². The molecule has 0 fully saturated rings. The van der Waals surface area contributed by atoms with E-state index >= 15 is 0 Å². The minimum Gasteiger partial charge on any atom is -0.308 e. The maximum absolute atomic E-state index is 3.49. The number of hydrogen-bond acceptors (Lipinski definition) is 3. The number of nitrogens with one attached hydrogen (secondary N) is 1. The third-order valence-electron chi connectivity index (χ3n) is 2.03. The number of likely N-dealkylation sites (N-methyl/N-ethyl adjacent to an activating group) is 1. The summed E-state index contributed by atoms with van der Waals surface area (Å²) in [5.41, 5.74) is 0. The number of hydrogen-bond donors (Lipinski definition) is 1. The molecule has 0 saturated heterocycles. The van der Waals surface area contributed by atoms with E-state index in [0.29, 0.717) is 6.04 Å². The molecule has 14 heavy (non-hydrogen) atoms. The highest BCUT2D eigenvalue weighted by Gasteiger charge is 2.06. The summed E-state index contributed by atoms with van der Waals surface area (Å²) in [6.07, 6.45) is 0. The van der Waals surface area contributed by atoms with Gasteiger partial charge >= 0.3 is 0 Å². The van der Waals surface area contributed by atoms with Crippen LogP contribution < -0.4 is 5.32 Å². The van der Waals surface area contributed by atoms with Gasteiger partial charge in [-0.2, -0.15) is 0 Å². The fourth-order valence-electron chi connectivity index (χ4n) is 1.17. The summed E-state index contributed by atoms with van der Waals surface area (Å²) in [7, 11) is 4.18. The largest absolute Gasteiger partial charge is 0.308 e. The van der Waals surface area contributed by atoms with Crippen LogP contribution in [0.3, 0.4) is 0 Å². The average molecular weight is 277 g/mol. The highest BCUT2D eigenvalue weighted by atomic mass is 79.9. The summed E-state index contributed by atoms with van der Waals surface area (Å²) >= 11 is 5.27. The van der Waals surface area contributed by atoms with Gasteiger partial charge < -0.3 is 10.2 Å². The van der Waals surface area contributed by atoms with Crippen molar-refractivity contribution in [2.24, 2.45) is 0 Å². The number of halogens is 1. The van der Waals surface area contributed by atoms with E-state index in [1.807, 2.05) is 0 Å². The van der Waals surface area contributed by atoms with E-state index in [2.05, 4.69) is 59.3 Å². The van der Waals surface area contributed by atoms with Crippen LogP contribution in [-0.4, -0.2) is 32.1 Å². The number of rotatable bonds is 5. The Morgan fingerprint density at radius 2 is 2.21 bits per heavy atom. The van der Waals surface area contributed by atoms with E-state index in [4.69, 9.17) is 0 Å². The molecule has 1 unspecified atom stereocenters. The van der Waals surface area contributed by atoms with Crippen LogP contribution in [0.25, 0.3) is 0 Å². The van der Waals surface area contributed by atoms with Crippen LogP contribution in [0.15, 0.2) is 15.9 Å². The Morgan fingerprint density at radius 1 is 1.50 bits per heavy atom. The molecular weight excluding hydrogens is 260 g/mol. The Bertz CT molecular complexity index is 273. The topological polar surface area (TPSA) is 15.3 Å². The van der Waals surface area contributed by atoms with Crippen molar-refractivity contribution in [3.05, 3.63) is 20.8 Å². The van der Waals surface area contributed by atoms with Crippen molar-refractivity contribution in [1.29, 1.82) is 0 Å². The van der Waals surface area contributed by atoms with Gasteiger partial charge in [0.25, 0.3) is 0 Å². The SMILES string of the molecule is CC(NCCN(C)C)c1ccc(Br)s1. The number of nitrogens with zero attached hydrogens (tertiary/aromatic N) is 1. The van der Waals surface area contributed by atoms with Gasteiger partial charge in [0.05, 0.1) is 3.79 Å². The zero-order valence-electron chi connectivity index (χ0n) is 8.88. The second-order valence-corrected chi connectivity index (χ2v) is 6.12. The first-order valence-electron chi connectivity index (χ1n) is 4.73. The smallest absolute Gasteiger partial charge is 0.0701 e. The highest BCUT2D eigenvalue weighted by molar-refractivity contribution is 9.11. The Morgan fingerprint density at radius 3 is 2.71 bits per heavy atom. The van der Waals surface area contributed by atoms with Crippen LogP contribution >= 0.6 is 27.3 Å². The predicted octanol–water partition coefficient (Wildman–Crippen LogP) is 2.72. The van der Waals surface area contributed by atoms with Gasteiger partial charge in [-0.15, -0.1) is 11.3 Å². The fraction of sp³-hybridized carbons (Fsp3) is 0.600.